The van der Waals surface area contributed by atoms with Gasteiger partial charge in [0.15, 0.2) is 5.72 Å². The standard InChI is InChI=1S/C9H12F3NO2/c1-7-4-3-5-13(14)8(7,2)15-6-9(10,11)12/h3-5,14H,6H2,1-2H3. The molecule has 1 heterocycles. The van der Waals surface area contributed by atoms with Crippen LogP contribution >= 0.6 is 0 Å². The summed E-state index contributed by atoms with van der Waals surface area (Å²) in [6.07, 6.45) is -0.0637. The second-order valence-corrected chi connectivity index (χ2v) is 3.42. The van der Waals surface area contributed by atoms with Crippen LogP contribution < -0.4 is 0 Å². The summed E-state index contributed by atoms with van der Waals surface area (Å²) < 4.78 is 40.6. The van der Waals surface area contributed by atoms with Crippen molar-refractivity contribution in [1.82, 2.24) is 5.06 Å². The largest absolute Gasteiger partial charge is 0.411 e. The van der Waals surface area contributed by atoms with Crippen LogP contribution in [0.3, 0.4) is 0 Å². The second-order valence-electron chi connectivity index (χ2n) is 3.42. The van der Waals surface area contributed by atoms with Gasteiger partial charge in [0.25, 0.3) is 0 Å². The summed E-state index contributed by atoms with van der Waals surface area (Å²) >= 11 is 0. The number of nitrogens with zero attached hydrogens (tertiary/aromatic N) is 1. The van der Waals surface area contributed by atoms with E-state index < -0.39 is 18.5 Å². The molecule has 0 aliphatic carbocycles. The van der Waals surface area contributed by atoms with E-state index in [9.17, 15) is 18.4 Å². The van der Waals surface area contributed by atoms with Crippen LogP contribution in [0.2, 0.25) is 0 Å². The zero-order valence-electron chi connectivity index (χ0n) is 8.38. The first-order valence-corrected chi connectivity index (χ1v) is 4.30. The molecule has 0 aromatic rings. The molecule has 1 rings (SSSR count). The van der Waals surface area contributed by atoms with Crippen LogP contribution in [0.25, 0.3) is 0 Å². The third-order valence-electron chi connectivity index (χ3n) is 2.26. The minimum Gasteiger partial charge on any atom is -0.340 e. The molecule has 1 N–H and O–H groups in total. The van der Waals surface area contributed by atoms with Gasteiger partial charge in [0.2, 0.25) is 0 Å². The number of halogens is 3. The van der Waals surface area contributed by atoms with Gasteiger partial charge >= 0.3 is 6.18 Å². The van der Waals surface area contributed by atoms with Crippen molar-refractivity contribution in [3.05, 3.63) is 23.9 Å². The summed E-state index contributed by atoms with van der Waals surface area (Å²) in [7, 11) is 0. The van der Waals surface area contributed by atoms with Crippen LogP contribution in [0.15, 0.2) is 23.9 Å². The van der Waals surface area contributed by atoms with Crippen LogP contribution in [0.4, 0.5) is 13.2 Å². The normalized spacial score (nSPS) is 26.8. The van der Waals surface area contributed by atoms with Gasteiger partial charge in [0.05, 0.1) is 0 Å². The summed E-state index contributed by atoms with van der Waals surface area (Å²) in [6, 6.07) is 0. The highest BCUT2D eigenvalue weighted by atomic mass is 19.4. The molecule has 86 valence electrons. The summed E-state index contributed by atoms with van der Waals surface area (Å²) in [4.78, 5) is 0. The van der Waals surface area contributed by atoms with Gasteiger partial charge in [-0.3, -0.25) is 5.21 Å². The Balaban J connectivity index is 2.73. The molecule has 0 aromatic heterocycles. The topological polar surface area (TPSA) is 32.7 Å². The smallest absolute Gasteiger partial charge is 0.340 e. The fourth-order valence-electron chi connectivity index (χ4n) is 1.15. The number of hydrogen-bond acceptors (Lipinski definition) is 3. The Labute approximate surface area is 85.4 Å². The van der Waals surface area contributed by atoms with E-state index in [1.165, 1.54) is 19.2 Å². The summed E-state index contributed by atoms with van der Waals surface area (Å²) in [5.41, 5.74) is -0.957. The number of alkyl halides is 3. The van der Waals surface area contributed by atoms with E-state index in [1.807, 2.05) is 0 Å². The fraction of sp³-hybridized carbons (Fsp3) is 0.556. The van der Waals surface area contributed by atoms with E-state index in [-0.39, 0.29) is 0 Å². The molecule has 15 heavy (non-hydrogen) atoms. The first-order valence-electron chi connectivity index (χ1n) is 4.30. The molecule has 1 unspecified atom stereocenters. The Bertz CT molecular complexity index is 298. The van der Waals surface area contributed by atoms with Gasteiger partial charge in [-0.1, -0.05) is 6.08 Å². The van der Waals surface area contributed by atoms with Gasteiger partial charge in [-0.05, 0) is 25.5 Å². The molecule has 1 atom stereocenters. The highest BCUT2D eigenvalue weighted by molar-refractivity contribution is 5.23. The van der Waals surface area contributed by atoms with Crippen LogP contribution in [-0.4, -0.2) is 28.8 Å². The summed E-state index contributed by atoms with van der Waals surface area (Å²) in [5.74, 6) is 0. The number of hydrogen-bond donors (Lipinski definition) is 1. The highest BCUT2D eigenvalue weighted by Crippen LogP contribution is 2.30. The molecule has 0 amide bonds. The predicted molar refractivity (Wildman–Crippen MR) is 46.9 cm³/mol. The van der Waals surface area contributed by atoms with E-state index >= 15 is 0 Å². The van der Waals surface area contributed by atoms with E-state index in [4.69, 9.17) is 4.74 Å². The van der Waals surface area contributed by atoms with Gasteiger partial charge in [-0.15, -0.1) is 0 Å². The number of rotatable bonds is 2. The second kappa shape index (κ2) is 3.86. The molecular formula is C9H12F3NO2. The number of allylic oxidation sites excluding steroid dienone is 2. The van der Waals surface area contributed by atoms with Crippen molar-refractivity contribution in [2.45, 2.75) is 25.7 Å². The maximum atomic E-state index is 12.0. The Kier molecular flexibility index (Phi) is 3.11. The zero-order valence-corrected chi connectivity index (χ0v) is 8.38. The van der Waals surface area contributed by atoms with E-state index in [2.05, 4.69) is 0 Å². The van der Waals surface area contributed by atoms with Crippen molar-refractivity contribution in [1.29, 1.82) is 0 Å². The Morgan fingerprint density at radius 1 is 1.53 bits per heavy atom. The molecule has 0 saturated carbocycles. The lowest BCUT2D eigenvalue weighted by Crippen LogP contribution is -2.47. The maximum absolute atomic E-state index is 12.0. The van der Waals surface area contributed by atoms with Gasteiger partial charge in [-0.25, -0.2) is 5.06 Å². The molecule has 1 aliphatic rings. The summed E-state index contributed by atoms with van der Waals surface area (Å²) in [6.45, 7) is 1.55. The molecule has 0 bridgehead atoms. The Morgan fingerprint density at radius 2 is 2.13 bits per heavy atom. The molecular weight excluding hydrogens is 211 g/mol. The van der Waals surface area contributed by atoms with Crippen molar-refractivity contribution in [3.63, 3.8) is 0 Å². The number of hydroxylamine groups is 2. The molecule has 0 spiro atoms. The van der Waals surface area contributed by atoms with Crippen molar-refractivity contribution in [2.24, 2.45) is 0 Å². The van der Waals surface area contributed by atoms with Crippen LogP contribution in [-0.2, 0) is 4.74 Å². The van der Waals surface area contributed by atoms with Crippen LogP contribution in [0.5, 0.6) is 0 Å². The molecule has 6 heteroatoms. The average molecular weight is 223 g/mol. The highest BCUT2D eigenvalue weighted by Gasteiger charge is 2.39. The van der Waals surface area contributed by atoms with Crippen LogP contribution in [0.1, 0.15) is 13.8 Å². The number of ether oxygens (including phenoxy) is 1. The van der Waals surface area contributed by atoms with Gasteiger partial charge in [0, 0.05) is 6.20 Å². The summed E-state index contributed by atoms with van der Waals surface area (Å²) in [5, 5.41) is 10.0. The Morgan fingerprint density at radius 3 is 2.60 bits per heavy atom. The van der Waals surface area contributed by atoms with Crippen molar-refractivity contribution in [2.75, 3.05) is 6.61 Å². The third kappa shape index (κ3) is 2.73. The quantitative estimate of drug-likeness (QED) is 0.780. The van der Waals surface area contributed by atoms with Gasteiger partial charge < -0.3 is 4.74 Å². The average Bonchev–Trinajstić information content (AvgIpc) is 2.10. The lowest BCUT2D eigenvalue weighted by molar-refractivity contribution is -0.269. The fourth-order valence-corrected chi connectivity index (χ4v) is 1.15. The van der Waals surface area contributed by atoms with Crippen molar-refractivity contribution < 1.29 is 23.1 Å². The van der Waals surface area contributed by atoms with E-state index in [0.717, 1.165) is 0 Å². The van der Waals surface area contributed by atoms with E-state index in [1.54, 1.807) is 13.0 Å². The molecule has 0 aromatic carbocycles. The monoisotopic (exact) mass is 223 g/mol. The maximum Gasteiger partial charge on any atom is 0.411 e. The molecule has 0 saturated heterocycles. The first kappa shape index (κ1) is 12.1. The minimum atomic E-state index is -4.41. The lowest BCUT2D eigenvalue weighted by Gasteiger charge is -2.38. The van der Waals surface area contributed by atoms with Gasteiger partial charge in [0.1, 0.15) is 6.61 Å². The van der Waals surface area contributed by atoms with Crippen LogP contribution in [0, 0.1) is 0 Å². The van der Waals surface area contributed by atoms with Gasteiger partial charge in [-0.2, -0.15) is 13.2 Å². The molecule has 0 radical (unpaired) electrons. The zero-order chi connectivity index (χ0) is 11.7. The van der Waals surface area contributed by atoms with Crippen molar-refractivity contribution >= 4 is 0 Å². The SMILES string of the molecule is CC1=CC=CN(O)C1(C)OCC(F)(F)F. The molecule has 1 aliphatic heterocycles. The predicted octanol–water partition coefficient (Wildman–Crippen LogP) is 2.45. The first-order chi connectivity index (χ1) is 6.76. The van der Waals surface area contributed by atoms with Crippen molar-refractivity contribution in [3.8, 4) is 0 Å². The minimum absolute atomic E-state index is 0.497. The lowest BCUT2D eigenvalue weighted by atomic mass is 10.0. The Hall–Kier alpha value is -1.01. The molecule has 0 fully saturated rings. The third-order valence-corrected chi connectivity index (χ3v) is 2.26. The van der Waals surface area contributed by atoms with E-state index in [0.29, 0.717) is 10.6 Å². The molecule has 3 nitrogen and oxygen atoms in total.